The number of aliphatic hydroxyl groups is 1. The zero-order chi connectivity index (χ0) is 11.1. The Morgan fingerprint density at radius 3 is 2.31 bits per heavy atom. The number of benzene rings is 1. The van der Waals surface area contributed by atoms with Crippen molar-refractivity contribution in [2.45, 2.75) is 26.3 Å². The standard InChI is InChI=1S/C13H21NO.ClH/c1-11(2)8-9-14-13(10-15)12-6-4-3-5-7-12;/h3-7,11,13-15H,8-10H2,1-2H3;1H. The van der Waals surface area contributed by atoms with Crippen LogP contribution in [0.4, 0.5) is 0 Å². The van der Waals surface area contributed by atoms with E-state index in [1.54, 1.807) is 0 Å². The predicted molar refractivity (Wildman–Crippen MR) is 71.0 cm³/mol. The van der Waals surface area contributed by atoms with Crippen LogP contribution in [0, 0.1) is 5.92 Å². The van der Waals surface area contributed by atoms with Crippen molar-refractivity contribution in [3.63, 3.8) is 0 Å². The Kier molecular flexibility index (Phi) is 8.26. The van der Waals surface area contributed by atoms with Crippen molar-refractivity contribution in [3.8, 4) is 0 Å². The molecule has 0 bridgehead atoms. The van der Waals surface area contributed by atoms with E-state index in [1.165, 1.54) is 0 Å². The first kappa shape index (κ1) is 15.4. The fourth-order valence-electron chi connectivity index (χ4n) is 1.52. The van der Waals surface area contributed by atoms with E-state index in [2.05, 4.69) is 19.2 Å². The molecular weight excluding hydrogens is 222 g/mol. The highest BCUT2D eigenvalue weighted by Crippen LogP contribution is 2.11. The van der Waals surface area contributed by atoms with Gasteiger partial charge in [-0.15, -0.1) is 12.4 Å². The normalized spacial score (nSPS) is 12.2. The minimum atomic E-state index is 0. The first-order valence-electron chi connectivity index (χ1n) is 5.63. The van der Waals surface area contributed by atoms with Crippen molar-refractivity contribution >= 4 is 12.4 Å². The van der Waals surface area contributed by atoms with Crippen molar-refractivity contribution < 1.29 is 5.11 Å². The van der Waals surface area contributed by atoms with Gasteiger partial charge in [0.05, 0.1) is 12.6 Å². The van der Waals surface area contributed by atoms with Crippen LogP contribution in [0.5, 0.6) is 0 Å². The number of rotatable bonds is 6. The lowest BCUT2D eigenvalue weighted by Crippen LogP contribution is -2.26. The molecule has 2 N–H and O–H groups in total. The van der Waals surface area contributed by atoms with E-state index in [9.17, 15) is 5.11 Å². The summed E-state index contributed by atoms with van der Waals surface area (Å²) in [6.07, 6.45) is 1.14. The third-order valence-electron chi connectivity index (χ3n) is 2.50. The van der Waals surface area contributed by atoms with Crippen LogP contribution in [0.2, 0.25) is 0 Å². The number of hydrogen-bond acceptors (Lipinski definition) is 2. The molecule has 0 aliphatic heterocycles. The van der Waals surface area contributed by atoms with Crippen LogP contribution in [0.15, 0.2) is 30.3 Å². The molecule has 16 heavy (non-hydrogen) atoms. The third kappa shape index (κ3) is 5.50. The maximum atomic E-state index is 9.28. The second-order valence-corrected chi connectivity index (χ2v) is 4.28. The largest absolute Gasteiger partial charge is 0.394 e. The molecule has 2 nitrogen and oxygen atoms in total. The van der Waals surface area contributed by atoms with Crippen LogP contribution in [0.25, 0.3) is 0 Å². The Morgan fingerprint density at radius 1 is 1.19 bits per heavy atom. The van der Waals surface area contributed by atoms with Crippen LogP contribution < -0.4 is 5.32 Å². The quantitative estimate of drug-likeness (QED) is 0.805. The molecule has 3 heteroatoms. The van der Waals surface area contributed by atoms with E-state index in [-0.39, 0.29) is 25.1 Å². The Bertz CT molecular complexity index is 264. The lowest BCUT2D eigenvalue weighted by atomic mass is 10.1. The van der Waals surface area contributed by atoms with Gasteiger partial charge in [0, 0.05) is 0 Å². The lowest BCUT2D eigenvalue weighted by Gasteiger charge is -2.17. The number of hydrogen-bond donors (Lipinski definition) is 2. The van der Waals surface area contributed by atoms with E-state index in [0.717, 1.165) is 18.5 Å². The topological polar surface area (TPSA) is 32.3 Å². The summed E-state index contributed by atoms with van der Waals surface area (Å²) in [6, 6.07) is 10.2. The summed E-state index contributed by atoms with van der Waals surface area (Å²) in [5.41, 5.74) is 1.16. The molecule has 0 saturated carbocycles. The van der Waals surface area contributed by atoms with Gasteiger partial charge in [-0.3, -0.25) is 0 Å². The average molecular weight is 244 g/mol. The van der Waals surface area contributed by atoms with Gasteiger partial charge < -0.3 is 10.4 Å². The van der Waals surface area contributed by atoms with E-state index in [0.29, 0.717) is 5.92 Å². The van der Waals surface area contributed by atoms with Crippen molar-refractivity contribution in [3.05, 3.63) is 35.9 Å². The van der Waals surface area contributed by atoms with E-state index < -0.39 is 0 Å². The molecule has 0 heterocycles. The summed E-state index contributed by atoms with van der Waals surface area (Å²) in [4.78, 5) is 0. The molecule has 0 spiro atoms. The molecule has 92 valence electrons. The van der Waals surface area contributed by atoms with Gasteiger partial charge in [0.2, 0.25) is 0 Å². The predicted octanol–water partition coefficient (Wildman–Crippen LogP) is 2.78. The summed E-state index contributed by atoms with van der Waals surface area (Å²) in [6.45, 7) is 5.52. The molecular formula is C13H22ClNO. The minimum absolute atomic E-state index is 0. The second-order valence-electron chi connectivity index (χ2n) is 4.28. The van der Waals surface area contributed by atoms with Crippen LogP contribution in [0.3, 0.4) is 0 Å². The molecule has 1 unspecified atom stereocenters. The Labute approximate surface area is 104 Å². The summed E-state index contributed by atoms with van der Waals surface area (Å²) in [5.74, 6) is 0.701. The van der Waals surface area contributed by atoms with Crippen molar-refractivity contribution in [1.82, 2.24) is 5.32 Å². The van der Waals surface area contributed by atoms with Gasteiger partial charge in [0.15, 0.2) is 0 Å². The first-order chi connectivity index (χ1) is 7.24. The van der Waals surface area contributed by atoms with Gasteiger partial charge in [0.1, 0.15) is 0 Å². The summed E-state index contributed by atoms with van der Waals surface area (Å²) in [5, 5.41) is 12.6. The first-order valence-corrected chi connectivity index (χ1v) is 5.63. The van der Waals surface area contributed by atoms with Crippen LogP contribution in [-0.2, 0) is 0 Å². The van der Waals surface area contributed by atoms with Crippen LogP contribution >= 0.6 is 12.4 Å². The molecule has 1 rings (SSSR count). The third-order valence-corrected chi connectivity index (χ3v) is 2.50. The van der Waals surface area contributed by atoms with Gasteiger partial charge in [0.25, 0.3) is 0 Å². The summed E-state index contributed by atoms with van der Waals surface area (Å²) < 4.78 is 0. The van der Waals surface area contributed by atoms with Crippen LogP contribution in [0.1, 0.15) is 31.9 Å². The van der Waals surface area contributed by atoms with Gasteiger partial charge in [-0.2, -0.15) is 0 Å². The molecule has 1 aromatic rings. The number of halogens is 1. The highest BCUT2D eigenvalue weighted by molar-refractivity contribution is 5.85. The summed E-state index contributed by atoms with van der Waals surface area (Å²) in [7, 11) is 0. The molecule has 1 aromatic carbocycles. The van der Waals surface area contributed by atoms with Gasteiger partial charge in [-0.1, -0.05) is 44.2 Å². The highest BCUT2D eigenvalue weighted by atomic mass is 35.5. The van der Waals surface area contributed by atoms with Gasteiger partial charge in [-0.05, 0) is 24.4 Å². The smallest absolute Gasteiger partial charge is 0.0626 e. The van der Waals surface area contributed by atoms with E-state index in [1.807, 2.05) is 30.3 Å². The van der Waals surface area contributed by atoms with E-state index >= 15 is 0 Å². The SMILES string of the molecule is CC(C)CCNC(CO)c1ccccc1.Cl. The molecule has 0 saturated heterocycles. The Morgan fingerprint density at radius 2 is 1.81 bits per heavy atom. The Hall–Kier alpha value is -0.570. The molecule has 0 aromatic heterocycles. The van der Waals surface area contributed by atoms with Crippen molar-refractivity contribution in [2.75, 3.05) is 13.2 Å². The van der Waals surface area contributed by atoms with Crippen LogP contribution in [-0.4, -0.2) is 18.3 Å². The molecule has 0 amide bonds. The van der Waals surface area contributed by atoms with Gasteiger partial charge >= 0.3 is 0 Å². The maximum Gasteiger partial charge on any atom is 0.0626 e. The highest BCUT2D eigenvalue weighted by Gasteiger charge is 2.08. The molecule has 0 aliphatic rings. The molecule has 0 aliphatic carbocycles. The second kappa shape index (κ2) is 8.57. The summed E-state index contributed by atoms with van der Waals surface area (Å²) >= 11 is 0. The Balaban J connectivity index is 0.00000225. The molecule has 1 atom stereocenters. The molecule has 0 fully saturated rings. The van der Waals surface area contributed by atoms with Gasteiger partial charge in [-0.25, -0.2) is 0 Å². The minimum Gasteiger partial charge on any atom is -0.394 e. The van der Waals surface area contributed by atoms with E-state index in [4.69, 9.17) is 0 Å². The lowest BCUT2D eigenvalue weighted by molar-refractivity contribution is 0.243. The fourth-order valence-corrected chi connectivity index (χ4v) is 1.52. The molecule has 0 radical (unpaired) electrons. The number of nitrogens with one attached hydrogen (secondary N) is 1. The van der Waals surface area contributed by atoms with Crippen molar-refractivity contribution in [1.29, 1.82) is 0 Å². The fraction of sp³-hybridized carbons (Fsp3) is 0.538. The zero-order valence-electron chi connectivity index (χ0n) is 10.0. The average Bonchev–Trinajstić information content (AvgIpc) is 2.25. The monoisotopic (exact) mass is 243 g/mol. The maximum absolute atomic E-state index is 9.28. The zero-order valence-corrected chi connectivity index (χ0v) is 10.8. The number of aliphatic hydroxyl groups excluding tert-OH is 1. The van der Waals surface area contributed by atoms with Crippen molar-refractivity contribution in [2.24, 2.45) is 5.92 Å².